The van der Waals surface area contributed by atoms with E-state index in [9.17, 15) is 0 Å². The van der Waals surface area contributed by atoms with Gasteiger partial charge in [0.25, 0.3) is 0 Å². The zero-order chi connectivity index (χ0) is 8.43. The normalized spacial score (nSPS) is 9.73. The van der Waals surface area contributed by atoms with E-state index in [1.807, 2.05) is 19.1 Å². The van der Waals surface area contributed by atoms with Crippen LogP contribution in [-0.2, 0) is 0 Å². The molecule has 1 aromatic carbocycles. The molecular formula is C9H8Cl2. The Labute approximate surface area is 76.4 Å². The van der Waals surface area contributed by atoms with Crippen LogP contribution in [0.25, 0.3) is 5.57 Å². The first-order chi connectivity index (χ1) is 5.09. The lowest BCUT2D eigenvalue weighted by Crippen LogP contribution is -1.77. The summed E-state index contributed by atoms with van der Waals surface area (Å²) in [4.78, 5) is 0. The summed E-state index contributed by atoms with van der Waals surface area (Å²) in [5.41, 5.74) is 1.96. The highest BCUT2D eigenvalue weighted by Gasteiger charge is 1.97. The molecule has 0 bridgehead atoms. The molecule has 1 aromatic rings. The number of hydrogen-bond acceptors (Lipinski definition) is 0. The van der Waals surface area contributed by atoms with Crippen molar-refractivity contribution in [2.75, 3.05) is 0 Å². The Balaban J connectivity index is 3.19. The molecule has 0 heterocycles. The zero-order valence-corrected chi connectivity index (χ0v) is 7.71. The number of allylic oxidation sites excluding steroid dienone is 1. The first-order valence-corrected chi connectivity index (χ1v) is 3.97. The highest BCUT2D eigenvalue weighted by molar-refractivity contribution is 6.34. The summed E-state index contributed by atoms with van der Waals surface area (Å²) in [6.45, 7) is 5.71. The van der Waals surface area contributed by atoms with E-state index in [2.05, 4.69) is 6.58 Å². The summed E-state index contributed by atoms with van der Waals surface area (Å²) in [5.74, 6) is 0. The molecule has 11 heavy (non-hydrogen) atoms. The van der Waals surface area contributed by atoms with Gasteiger partial charge in [-0.05, 0) is 30.7 Å². The largest absolute Gasteiger partial charge is 0.0955 e. The molecule has 0 nitrogen and oxygen atoms in total. The minimum absolute atomic E-state index is 0.649. The third kappa shape index (κ3) is 2.25. The number of halogens is 2. The van der Waals surface area contributed by atoms with E-state index >= 15 is 0 Å². The van der Waals surface area contributed by atoms with Gasteiger partial charge >= 0.3 is 0 Å². The molecule has 2 heteroatoms. The van der Waals surface area contributed by atoms with Crippen molar-refractivity contribution in [2.24, 2.45) is 0 Å². The highest BCUT2D eigenvalue weighted by atomic mass is 35.5. The van der Waals surface area contributed by atoms with Gasteiger partial charge in [-0.3, -0.25) is 0 Å². The van der Waals surface area contributed by atoms with Crippen LogP contribution in [0, 0.1) is 0 Å². The third-order valence-electron chi connectivity index (χ3n) is 1.36. The maximum absolute atomic E-state index is 5.77. The second-order valence-corrected chi connectivity index (χ2v) is 3.31. The molecule has 0 atom stereocenters. The lowest BCUT2D eigenvalue weighted by Gasteiger charge is -2.00. The van der Waals surface area contributed by atoms with Crippen molar-refractivity contribution >= 4 is 28.8 Å². The molecule has 0 saturated heterocycles. The van der Waals surface area contributed by atoms with Crippen LogP contribution in [0.5, 0.6) is 0 Å². The summed E-state index contributed by atoms with van der Waals surface area (Å²) in [6, 6.07) is 5.39. The minimum Gasteiger partial charge on any atom is -0.0955 e. The molecule has 1 rings (SSSR count). The maximum Gasteiger partial charge on any atom is 0.0426 e. The van der Waals surface area contributed by atoms with E-state index in [4.69, 9.17) is 23.2 Å². The van der Waals surface area contributed by atoms with Gasteiger partial charge in [-0.25, -0.2) is 0 Å². The molecule has 0 aliphatic rings. The van der Waals surface area contributed by atoms with E-state index in [0.717, 1.165) is 11.1 Å². The molecule has 0 saturated carbocycles. The van der Waals surface area contributed by atoms with Crippen LogP contribution in [-0.4, -0.2) is 0 Å². The SMILES string of the molecule is C=C(C)c1cc(Cl)cc(Cl)c1. The molecule has 0 unspecified atom stereocenters. The van der Waals surface area contributed by atoms with Crippen molar-refractivity contribution < 1.29 is 0 Å². The summed E-state index contributed by atoms with van der Waals surface area (Å²) in [7, 11) is 0. The monoisotopic (exact) mass is 186 g/mol. The Bertz CT molecular complexity index is 269. The second-order valence-electron chi connectivity index (χ2n) is 2.44. The summed E-state index contributed by atoms with van der Waals surface area (Å²) in [6.07, 6.45) is 0. The van der Waals surface area contributed by atoms with Crippen LogP contribution >= 0.6 is 23.2 Å². The Hall–Kier alpha value is -0.460. The molecule has 58 valence electrons. The van der Waals surface area contributed by atoms with Crippen molar-refractivity contribution in [3.8, 4) is 0 Å². The van der Waals surface area contributed by atoms with Gasteiger partial charge in [-0.1, -0.05) is 35.4 Å². The lowest BCUT2D eigenvalue weighted by atomic mass is 10.1. The van der Waals surface area contributed by atoms with Gasteiger partial charge in [0.2, 0.25) is 0 Å². The lowest BCUT2D eigenvalue weighted by molar-refractivity contribution is 1.58. The molecular weight excluding hydrogens is 179 g/mol. The molecule has 0 N–H and O–H groups in total. The summed E-state index contributed by atoms with van der Waals surface area (Å²) in [5, 5.41) is 1.30. The van der Waals surface area contributed by atoms with Crippen molar-refractivity contribution in [2.45, 2.75) is 6.92 Å². The van der Waals surface area contributed by atoms with E-state index < -0.39 is 0 Å². The van der Waals surface area contributed by atoms with E-state index in [-0.39, 0.29) is 0 Å². The molecule has 0 aliphatic carbocycles. The van der Waals surface area contributed by atoms with E-state index in [1.165, 1.54) is 0 Å². The molecule has 0 aliphatic heterocycles. The molecule has 0 radical (unpaired) electrons. The van der Waals surface area contributed by atoms with Gasteiger partial charge in [-0.2, -0.15) is 0 Å². The first kappa shape index (κ1) is 8.63. The average Bonchev–Trinajstić information content (AvgIpc) is 1.85. The second kappa shape index (κ2) is 3.29. The smallest absolute Gasteiger partial charge is 0.0426 e. The van der Waals surface area contributed by atoms with Gasteiger partial charge in [0.15, 0.2) is 0 Å². The Morgan fingerprint density at radius 1 is 1.18 bits per heavy atom. The van der Waals surface area contributed by atoms with Gasteiger partial charge in [0, 0.05) is 10.0 Å². The van der Waals surface area contributed by atoms with Crippen molar-refractivity contribution in [3.63, 3.8) is 0 Å². The Kier molecular flexibility index (Phi) is 2.58. The quantitative estimate of drug-likeness (QED) is 0.622. The maximum atomic E-state index is 5.77. The van der Waals surface area contributed by atoms with E-state index in [1.54, 1.807) is 6.07 Å². The van der Waals surface area contributed by atoms with Crippen LogP contribution < -0.4 is 0 Å². The van der Waals surface area contributed by atoms with E-state index in [0.29, 0.717) is 10.0 Å². The topological polar surface area (TPSA) is 0 Å². The van der Waals surface area contributed by atoms with Gasteiger partial charge in [0.1, 0.15) is 0 Å². The fraction of sp³-hybridized carbons (Fsp3) is 0.111. The Morgan fingerprint density at radius 2 is 1.64 bits per heavy atom. The number of benzene rings is 1. The predicted octanol–water partition coefficient (Wildman–Crippen LogP) is 4.03. The minimum atomic E-state index is 0.649. The molecule has 0 spiro atoms. The number of hydrogen-bond donors (Lipinski definition) is 0. The highest BCUT2D eigenvalue weighted by Crippen LogP contribution is 2.22. The predicted molar refractivity (Wildman–Crippen MR) is 51.2 cm³/mol. The molecule has 0 amide bonds. The van der Waals surface area contributed by atoms with Gasteiger partial charge < -0.3 is 0 Å². The fourth-order valence-electron chi connectivity index (χ4n) is 0.800. The van der Waals surface area contributed by atoms with Gasteiger partial charge in [-0.15, -0.1) is 0 Å². The van der Waals surface area contributed by atoms with Crippen molar-refractivity contribution in [1.29, 1.82) is 0 Å². The first-order valence-electron chi connectivity index (χ1n) is 3.21. The zero-order valence-electron chi connectivity index (χ0n) is 6.20. The summed E-state index contributed by atoms with van der Waals surface area (Å²) >= 11 is 11.5. The van der Waals surface area contributed by atoms with Crippen molar-refractivity contribution in [3.05, 3.63) is 40.4 Å². The Morgan fingerprint density at radius 3 is 2.00 bits per heavy atom. The third-order valence-corrected chi connectivity index (χ3v) is 1.79. The molecule has 0 fully saturated rings. The average molecular weight is 187 g/mol. The fourth-order valence-corrected chi connectivity index (χ4v) is 1.33. The number of rotatable bonds is 1. The van der Waals surface area contributed by atoms with Crippen LogP contribution in [0.4, 0.5) is 0 Å². The van der Waals surface area contributed by atoms with Crippen LogP contribution in [0.1, 0.15) is 12.5 Å². The van der Waals surface area contributed by atoms with Crippen LogP contribution in [0.2, 0.25) is 10.0 Å². The standard InChI is InChI=1S/C9H8Cl2/c1-6(2)7-3-8(10)5-9(11)4-7/h3-5H,1H2,2H3. The van der Waals surface area contributed by atoms with Crippen LogP contribution in [0.15, 0.2) is 24.8 Å². The molecule has 0 aromatic heterocycles. The van der Waals surface area contributed by atoms with Gasteiger partial charge in [0.05, 0.1) is 0 Å². The van der Waals surface area contributed by atoms with Crippen molar-refractivity contribution in [1.82, 2.24) is 0 Å². The summed E-state index contributed by atoms with van der Waals surface area (Å²) < 4.78 is 0. The van der Waals surface area contributed by atoms with Crippen LogP contribution in [0.3, 0.4) is 0 Å².